The highest BCUT2D eigenvalue weighted by Crippen LogP contribution is 2.08. The van der Waals surface area contributed by atoms with Gasteiger partial charge in [-0.25, -0.2) is 0 Å². The van der Waals surface area contributed by atoms with Crippen molar-refractivity contribution in [3.63, 3.8) is 0 Å². The van der Waals surface area contributed by atoms with E-state index in [9.17, 15) is 0 Å². The van der Waals surface area contributed by atoms with Crippen LogP contribution in [0.15, 0.2) is 47.6 Å². The highest BCUT2D eigenvalue weighted by molar-refractivity contribution is 5.32. The van der Waals surface area contributed by atoms with Crippen molar-refractivity contribution in [2.75, 3.05) is 0 Å². The first-order valence-corrected chi connectivity index (χ1v) is 4.22. The summed E-state index contributed by atoms with van der Waals surface area (Å²) in [4.78, 5) is 0. The predicted octanol–water partition coefficient (Wildman–Crippen LogP) is 4.03. The fourth-order valence-electron chi connectivity index (χ4n) is 0.684. The molecule has 0 saturated heterocycles. The van der Waals surface area contributed by atoms with Crippen LogP contribution in [0.3, 0.4) is 0 Å². The minimum absolute atomic E-state index is 1.19. The van der Waals surface area contributed by atoms with Crippen LogP contribution in [0.1, 0.15) is 27.7 Å². The standard InChI is InChI=1S/C12H18/c1-6-10(3)8-9-12(5)11(4)7-2/h6-9H,1H2,2-5H3/b10-8-,11-7+,12-9+. The van der Waals surface area contributed by atoms with Gasteiger partial charge < -0.3 is 0 Å². The molecule has 66 valence electrons. The summed E-state index contributed by atoms with van der Waals surface area (Å²) in [6, 6.07) is 0. The Hall–Kier alpha value is -1.04. The monoisotopic (exact) mass is 162 g/mol. The molecule has 0 atom stereocenters. The lowest BCUT2D eigenvalue weighted by atomic mass is 10.1. The van der Waals surface area contributed by atoms with Gasteiger partial charge in [0.15, 0.2) is 0 Å². The summed E-state index contributed by atoms with van der Waals surface area (Å²) >= 11 is 0. The van der Waals surface area contributed by atoms with Crippen molar-refractivity contribution in [3.8, 4) is 0 Å². The van der Waals surface area contributed by atoms with E-state index in [4.69, 9.17) is 0 Å². The van der Waals surface area contributed by atoms with Crippen LogP contribution in [0.25, 0.3) is 0 Å². The van der Waals surface area contributed by atoms with Gasteiger partial charge in [-0.2, -0.15) is 0 Å². The van der Waals surface area contributed by atoms with E-state index in [2.05, 4.69) is 45.6 Å². The highest BCUT2D eigenvalue weighted by atomic mass is 13.9. The van der Waals surface area contributed by atoms with Crippen LogP contribution in [0.5, 0.6) is 0 Å². The Morgan fingerprint density at radius 2 is 1.58 bits per heavy atom. The number of rotatable bonds is 3. The summed E-state index contributed by atoms with van der Waals surface area (Å²) in [7, 11) is 0. The van der Waals surface area contributed by atoms with Crippen LogP contribution < -0.4 is 0 Å². The maximum Gasteiger partial charge on any atom is -0.0395 e. The van der Waals surface area contributed by atoms with E-state index >= 15 is 0 Å². The van der Waals surface area contributed by atoms with Gasteiger partial charge >= 0.3 is 0 Å². The van der Waals surface area contributed by atoms with Gasteiger partial charge in [0.25, 0.3) is 0 Å². The van der Waals surface area contributed by atoms with Crippen molar-refractivity contribution >= 4 is 0 Å². The zero-order valence-corrected chi connectivity index (χ0v) is 8.52. The molecule has 0 aromatic rings. The van der Waals surface area contributed by atoms with E-state index in [1.807, 2.05) is 13.0 Å². The van der Waals surface area contributed by atoms with E-state index in [-0.39, 0.29) is 0 Å². The topological polar surface area (TPSA) is 0 Å². The average molecular weight is 162 g/mol. The number of hydrogen-bond donors (Lipinski definition) is 0. The highest BCUT2D eigenvalue weighted by Gasteiger charge is 1.87. The van der Waals surface area contributed by atoms with E-state index in [1.54, 1.807) is 0 Å². The predicted molar refractivity (Wildman–Crippen MR) is 57.1 cm³/mol. The van der Waals surface area contributed by atoms with Crippen molar-refractivity contribution in [2.24, 2.45) is 0 Å². The maximum absolute atomic E-state index is 3.69. The van der Waals surface area contributed by atoms with Crippen LogP contribution in [0, 0.1) is 0 Å². The third-order valence-electron chi connectivity index (χ3n) is 1.97. The van der Waals surface area contributed by atoms with Gasteiger partial charge in [0, 0.05) is 0 Å². The maximum atomic E-state index is 3.69. The molecule has 0 nitrogen and oxygen atoms in total. The molecule has 0 unspecified atom stereocenters. The summed E-state index contributed by atoms with van der Waals surface area (Å²) in [5, 5.41) is 0. The second-order valence-electron chi connectivity index (χ2n) is 2.94. The molecule has 0 aliphatic heterocycles. The van der Waals surface area contributed by atoms with Crippen LogP contribution in [0.4, 0.5) is 0 Å². The zero-order valence-electron chi connectivity index (χ0n) is 8.52. The van der Waals surface area contributed by atoms with Crippen molar-refractivity contribution in [1.29, 1.82) is 0 Å². The first kappa shape index (κ1) is 11.0. The zero-order chi connectivity index (χ0) is 9.56. The molecule has 0 radical (unpaired) electrons. The van der Waals surface area contributed by atoms with E-state index in [0.717, 1.165) is 0 Å². The average Bonchev–Trinajstić information content (AvgIpc) is 2.11. The lowest BCUT2D eigenvalue weighted by Crippen LogP contribution is -1.76. The molecule has 0 aromatic carbocycles. The quantitative estimate of drug-likeness (QED) is 0.549. The van der Waals surface area contributed by atoms with E-state index in [0.29, 0.717) is 0 Å². The molecule has 0 N–H and O–H groups in total. The summed E-state index contributed by atoms with van der Waals surface area (Å²) in [6.07, 6.45) is 8.17. The molecule has 0 spiro atoms. The Balaban J connectivity index is 4.48. The van der Waals surface area contributed by atoms with Gasteiger partial charge in [0.2, 0.25) is 0 Å². The summed E-state index contributed by atoms with van der Waals surface area (Å²) in [5.74, 6) is 0. The molecular formula is C12H18. The van der Waals surface area contributed by atoms with Gasteiger partial charge in [-0.15, -0.1) is 0 Å². The van der Waals surface area contributed by atoms with Gasteiger partial charge in [-0.1, -0.05) is 42.0 Å². The fourth-order valence-corrected chi connectivity index (χ4v) is 0.684. The first-order valence-electron chi connectivity index (χ1n) is 4.22. The van der Waals surface area contributed by atoms with Crippen molar-refractivity contribution in [2.45, 2.75) is 27.7 Å². The molecule has 0 bridgehead atoms. The fraction of sp³-hybridized carbons (Fsp3) is 0.333. The second kappa shape index (κ2) is 5.59. The Morgan fingerprint density at radius 1 is 1.00 bits per heavy atom. The van der Waals surface area contributed by atoms with Crippen molar-refractivity contribution in [1.82, 2.24) is 0 Å². The minimum atomic E-state index is 1.19. The molecule has 0 saturated carbocycles. The third kappa shape index (κ3) is 3.97. The van der Waals surface area contributed by atoms with Gasteiger partial charge in [-0.05, 0) is 33.3 Å². The molecule has 0 heteroatoms. The molecule has 0 aliphatic carbocycles. The van der Waals surface area contributed by atoms with Crippen LogP contribution >= 0.6 is 0 Å². The summed E-state index contributed by atoms with van der Waals surface area (Å²) in [6.45, 7) is 12.0. The Bertz CT molecular complexity index is 237. The molecule has 0 aromatic heterocycles. The van der Waals surface area contributed by atoms with Gasteiger partial charge in [-0.3, -0.25) is 0 Å². The molecule has 0 fully saturated rings. The van der Waals surface area contributed by atoms with Crippen molar-refractivity contribution < 1.29 is 0 Å². The second-order valence-corrected chi connectivity index (χ2v) is 2.94. The normalized spacial score (nSPS) is 14.8. The van der Waals surface area contributed by atoms with Crippen molar-refractivity contribution in [3.05, 3.63) is 47.6 Å². The largest absolute Gasteiger partial charge is 0.0988 e. The Labute approximate surface area is 76.0 Å². The lowest BCUT2D eigenvalue weighted by molar-refractivity contribution is 1.32. The summed E-state index contributed by atoms with van der Waals surface area (Å²) < 4.78 is 0. The van der Waals surface area contributed by atoms with E-state index < -0.39 is 0 Å². The molecule has 0 aliphatic rings. The van der Waals surface area contributed by atoms with Crippen LogP contribution in [-0.4, -0.2) is 0 Å². The van der Waals surface area contributed by atoms with Gasteiger partial charge in [0.1, 0.15) is 0 Å². The molecule has 0 amide bonds. The Morgan fingerprint density at radius 3 is 2.00 bits per heavy atom. The molecule has 0 rings (SSSR count). The number of allylic oxidation sites excluding steroid dienone is 7. The first-order chi connectivity index (χ1) is 5.61. The molecule has 0 heterocycles. The lowest BCUT2D eigenvalue weighted by Gasteiger charge is -1.97. The van der Waals surface area contributed by atoms with Crippen LogP contribution in [-0.2, 0) is 0 Å². The Kier molecular flexibility index (Phi) is 5.11. The molecule has 12 heavy (non-hydrogen) atoms. The van der Waals surface area contributed by atoms with E-state index in [1.165, 1.54) is 16.7 Å². The third-order valence-corrected chi connectivity index (χ3v) is 1.97. The number of hydrogen-bond acceptors (Lipinski definition) is 0. The van der Waals surface area contributed by atoms with Crippen LogP contribution in [0.2, 0.25) is 0 Å². The van der Waals surface area contributed by atoms with Gasteiger partial charge in [0.05, 0.1) is 0 Å². The SMILES string of the molecule is C=C\C(C)=C/C=C(C)/C(C)=C/C. The minimum Gasteiger partial charge on any atom is -0.0988 e. The molecular weight excluding hydrogens is 144 g/mol. The smallest absolute Gasteiger partial charge is 0.0395 e. The summed E-state index contributed by atoms with van der Waals surface area (Å²) in [5.41, 5.74) is 3.82.